The summed E-state index contributed by atoms with van der Waals surface area (Å²) < 4.78 is 0. The lowest BCUT2D eigenvalue weighted by Gasteiger charge is -2.20. The van der Waals surface area contributed by atoms with Gasteiger partial charge >= 0.3 is 11.8 Å². The molecule has 5 nitrogen and oxygen atoms in total. The first-order valence-corrected chi connectivity index (χ1v) is 7.98. The summed E-state index contributed by atoms with van der Waals surface area (Å²) in [6.07, 6.45) is 2.27. The third-order valence-corrected chi connectivity index (χ3v) is 4.84. The fraction of sp³-hybridized carbons (Fsp3) is 0.529. The van der Waals surface area contributed by atoms with Crippen molar-refractivity contribution in [3.8, 4) is 0 Å². The number of benzene rings is 1. The number of aryl methyl sites for hydroxylation is 1. The maximum atomic E-state index is 11.6. The van der Waals surface area contributed by atoms with Crippen LogP contribution in [0.3, 0.4) is 0 Å². The molecule has 2 fully saturated rings. The molecule has 2 aliphatic heterocycles. The normalized spacial score (nSPS) is 24.5. The van der Waals surface area contributed by atoms with Crippen LogP contribution < -0.4 is 5.73 Å². The van der Waals surface area contributed by atoms with Crippen LogP contribution in [0, 0.1) is 11.8 Å². The zero-order valence-corrected chi connectivity index (χ0v) is 12.8. The summed E-state index contributed by atoms with van der Waals surface area (Å²) in [6.45, 7) is 4.53. The van der Waals surface area contributed by atoms with Crippen molar-refractivity contribution in [2.24, 2.45) is 17.6 Å². The van der Waals surface area contributed by atoms with Gasteiger partial charge in [0, 0.05) is 26.2 Å². The molecule has 0 aromatic heterocycles. The van der Waals surface area contributed by atoms with Gasteiger partial charge in [-0.15, -0.1) is 0 Å². The average molecular weight is 301 g/mol. The molecule has 2 heterocycles. The smallest absolute Gasteiger partial charge is 0.311 e. The van der Waals surface area contributed by atoms with Gasteiger partial charge < -0.3 is 15.5 Å². The van der Waals surface area contributed by atoms with E-state index in [9.17, 15) is 9.59 Å². The Hall–Kier alpha value is -1.88. The summed E-state index contributed by atoms with van der Waals surface area (Å²) in [4.78, 5) is 26.7. The molecular weight excluding hydrogens is 278 g/mol. The van der Waals surface area contributed by atoms with Gasteiger partial charge in [-0.1, -0.05) is 30.3 Å². The second-order valence-corrected chi connectivity index (χ2v) is 6.44. The van der Waals surface area contributed by atoms with Crippen LogP contribution in [0.15, 0.2) is 30.3 Å². The second kappa shape index (κ2) is 6.48. The Morgan fingerprint density at radius 2 is 1.68 bits per heavy atom. The molecule has 1 unspecified atom stereocenters. The van der Waals surface area contributed by atoms with Crippen LogP contribution in [0.1, 0.15) is 12.0 Å². The highest BCUT2D eigenvalue weighted by Crippen LogP contribution is 2.31. The molecule has 2 atom stereocenters. The summed E-state index contributed by atoms with van der Waals surface area (Å²) in [5.41, 5.74) is 6.46. The van der Waals surface area contributed by atoms with E-state index in [2.05, 4.69) is 29.2 Å². The third kappa shape index (κ3) is 3.30. The molecule has 0 saturated carbocycles. The van der Waals surface area contributed by atoms with Gasteiger partial charge in [-0.25, -0.2) is 0 Å². The average Bonchev–Trinajstić information content (AvgIpc) is 3.05. The molecule has 118 valence electrons. The minimum Gasteiger partial charge on any atom is -0.361 e. The van der Waals surface area contributed by atoms with Crippen molar-refractivity contribution in [1.82, 2.24) is 9.80 Å². The zero-order valence-electron chi connectivity index (χ0n) is 12.8. The summed E-state index contributed by atoms with van der Waals surface area (Å²) in [7, 11) is 0. The van der Waals surface area contributed by atoms with Crippen molar-refractivity contribution in [1.29, 1.82) is 0 Å². The molecule has 3 rings (SSSR count). The van der Waals surface area contributed by atoms with E-state index in [1.54, 1.807) is 4.90 Å². The molecule has 22 heavy (non-hydrogen) atoms. The van der Waals surface area contributed by atoms with Crippen LogP contribution in [0.5, 0.6) is 0 Å². The van der Waals surface area contributed by atoms with E-state index in [1.165, 1.54) is 5.56 Å². The maximum Gasteiger partial charge on any atom is 0.311 e. The van der Waals surface area contributed by atoms with E-state index < -0.39 is 11.8 Å². The predicted octanol–water partition coefficient (Wildman–Crippen LogP) is 0.495. The highest BCUT2D eigenvalue weighted by Gasteiger charge is 2.42. The van der Waals surface area contributed by atoms with Crippen LogP contribution in [-0.4, -0.2) is 54.3 Å². The van der Waals surface area contributed by atoms with Crippen LogP contribution in [-0.2, 0) is 16.0 Å². The number of hydrogen-bond acceptors (Lipinski definition) is 3. The van der Waals surface area contributed by atoms with Crippen molar-refractivity contribution in [3.05, 3.63) is 35.9 Å². The molecule has 2 N–H and O–H groups in total. The maximum absolute atomic E-state index is 11.6. The Morgan fingerprint density at radius 1 is 1.05 bits per heavy atom. The number of nitrogens with zero attached hydrogens (tertiary/aromatic N) is 2. The third-order valence-electron chi connectivity index (χ3n) is 4.84. The molecule has 1 aromatic rings. The Labute approximate surface area is 131 Å². The number of hydrogen-bond donors (Lipinski definition) is 1. The summed E-state index contributed by atoms with van der Waals surface area (Å²) in [6, 6.07) is 10.6. The first-order chi connectivity index (χ1) is 10.6. The molecular formula is C17H23N3O2. The van der Waals surface area contributed by atoms with Gasteiger partial charge in [0.05, 0.1) is 0 Å². The van der Waals surface area contributed by atoms with Crippen molar-refractivity contribution in [2.45, 2.75) is 12.8 Å². The fourth-order valence-corrected chi connectivity index (χ4v) is 3.75. The number of nitrogens with two attached hydrogens (primary N) is 1. The minimum absolute atomic E-state index is 0.500. The van der Waals surface area contributed by atoms with Crippen molar-refractivity contribution in [3.63, 3.8) is 0 Å². The molecule has 0 radical (unpaired) electrons. The lowest BCUT2D eigenvalue weighted by Crippen LogP contribution is -2.40. The van der Waals surface area contributed by atoms with E-state index >= 15 is 0 Å². The van der Waals surface area contributed by atoms with Gasteiger partial charge in [-0.05, 0) is 36.8 Å². The molecule has 5 heteroatoms. The van der Waals surface area contributed by atoms with E-state index in [4.69, 9.17) is 5.73 Å². The summed E-state index contributed by atoms with van der Waals surface area (Å²) in [5, 5.41) is 0. The number of primary amides is 1. The number of likely N-dealkylation sites (tertiary alicyclic amines) is 2. The second-order valence-electron chi connectivity index (χ2n) is 6.44. The van der Waals surface area contributed by atoms with E-state index in [0.717, 1.165) is 32.5 Å². The van der Waals surface area contributed by atoms with E-state index in [0.29, 0.717) is 24.9 Å². The number of carbonyl (C=O) groups is 2. The van der Waals surface area contributed by atoms with Gasteiger partial charge in [-0.2, -0.15) is 0 Å². The summed E-state index contributed by atoms with van der Waals surface area (Å²) in [5.74, 6) is -0.357. The van der Waals surface area contributed by atoms with Gasteiger partial charge in [0.25, 0.3) is 0 Å². The SMILES string of the molecule is NC(=O)C(=O)N1CC2CN(CCCc3ccccc3)C[C@H]2C1. The lowest BCUT2D eigenvalue weighted by molar-refractivity contribution is -0.143. The zero-order chi connectivity index (χ0) is 15.5. The predicted molar refractivity (Wildman–Crippen MR) is 84.0 cm³/mol. The Balaban J connectivity index is 1.42. The van der Waals surface area contributed by atoms with Crippen molar-refractivity contribution < 1.29 is 9.59 Å². The summed E-state index contributed by atoms with van der Waals surface area (Å²) >= 11 is 0. The highest BCUT2D eigenvalue weighted by molar-refractivity contribution is 6.34. The standard InChI is InChI=1S/C17H23N3O2/c18-16(21)17(22)20-11-14-9-19(10-15(14)12-20)8-4-7-13-5-2-1-3-6-13/h1-3,5-6,14-15H,4,7-12H2,(H2,18,21)/t14-,15?/m0/s1. The largest absolute Gasteiger partial charge is 0.361 e. The minimum atomic E-state index is -0.834. The first-order valence-electron chi connectivity index (χ1n) is 7.98. The number of carbonyl (C=O) groups excluding carboxylic acids is 2. The molecule has 2 saturated heterocycles. The quantitative estimate of drug-likeness (QED) is 0.823. The Morgan fingerprint density at radius 3 is 2.27 bits per heavy atom. The van der Waals surface area contributed by atoms with Gasteiger partial charge in [-0.3, -0.25) is 9.59 Å². The Bertz CT molecular complexity index is 532. The van der Waals surface area contributed by atoms with Gasteiger partial charge in [0.1, 0.15) is 0 Å². The van der Waals surface area contributed by atoms with Crippen LogP contribution in [0.2, 0.25) is 0 Å². The molecule has 1 aromatic carbocycles. The van der Waals surface area contributed by atoms with Crippen molar-refractivity contribution >= 4 is 11.8 Å². The topological polar surface area (TPSA) is 66.6 Å². The Kier molecular flexibility index (Phi) is 4.43. The van der Waals surface area contributed by atoms with Crippen LogP contribution >= 0.6 is 0 Å². The first kappa shape index (κ1) is 15.0. The molecule has 0 aliphatic carbocycles. The molecule has 0 bridgehead atoms. The molecule has 0 spiro atoms. The van der Waals surface area contributed by atoms with Gasteiger partial charge in [0.15, 0.2) is 0 Å². The van der Waals surface area contributed by atoms with Gasteiger partial charge in [0.2, 0.25) is 0 Å². The molecule has 2 aliphatic rings. The van der Waals surface area contributed by atoms with Crippen LogP contribution in [0.25, 0.3) is 0 Å². The van der Waals surface area contributed by atoms with E-state index in [-0.39, 0.29) is 0 Å². The fourth-order valence-electron chi connectivity index (χ4n) is 3.75. The lowest BCUT2D eigenvalue weighted by atomic mass is 10.0. The number of fused-ring (bicyclic) bond motifs is 1. The van der Waals surface area contributed by atoms with Crippen molar-refractivity contribution in [2.75, 3.05) is 32.7 Å². The monoisotopic (exact) mass is 301 g/mol. The molecule has 2 amide bonds. The number of rotatable bonds is 4. The highest BCUT2D eigenvalue weighted by atomic mass is 16.2. The van der Waals surface area contributed by atoms with Crippen LogP contribution in [0.4, 0.5) is 0 Å². The number of amides is 2. The van der Waals surface area contributed by atoms with E-state index in [1.807, 2.05) is 6.07 Å².